The molecule has 1 aromatic heterocycles. The standard InChI is InChI=1S/C10H14N4O3/c1-13(4-7-2-3-7)9(15)6-14-5-8(10(16)17)11-12-14/h5,7H,2-4,6H2,1H3,(H,16,17). The Morgan fingerprint density at radius 1 is 1.59 bits per heavy atom. The molecular formula is C10H14N4O3. The molecular weight excluding hydrogens is 224 g/mol. The molecule has 0 radical (unpaired) electrons. The summed E-state index contributed by atoms with van der Waals surface area (Å²) < 4.78 is 1.25. The fourth-order valence-corrected chi connectivity index (χ4v) is 1.52. The van der Waals surface area contributed by atoms with E-state index in [-0.39, 0.29) is 18.1 Å². The smallest absolute Gasteiger partial charge is 0.358 e. The largest absolute Gasteiger partial charge is 0.476 e. The molecule has 7 nitrogen and oxygen atoms in total. The number of carbonyl (C=O) groups excluding carboxylic acids is 1. The Balaban J connectivity index is 1.89. The van der Waals surface area contributed by atoms with E-state index in [1.54, 1.807) is 11.9 Å². The van der Waals surface area contributed by atoms with Gasteiger partial charge in [0.1, 0.15) is 6.54 Å². The lowest BCUT2D eigenvalue weighted by molar-refractivity contribution is -0.130. The average Bonchev–Trinajstić information content (AvgIpc) is 2.94. The molecule has 2 rings (SSSR count). The minimum Gasteiger partial charge on any atom is -0.476 e. The molecule has 1 amide bonds. The van der Waals surface area contributed by atoms with Crippen LogP contribution in [0.2, 0.25) is 0 Å². The lowest BCUT2D eigenvalue weighted by Crippen LogP contribution is -2.32. The number of hydrogen-bond acceptors (Lipinski definition) is 4. The third-order valence-electron chi connectivity index (χ3n) is 2.71. The fourth-order valence-electron chi connectivity index (χ4n) is 1.52. The molecule has 1 heterocycles. The van der Waals surface area contributed by atoms with Crippen LogP contribution in [0, 0.1) is 5.92 Å². The maximum absolute atomic E-state index is 11.7. The molecule has 17 heavy (non-hydrogen) atoms. The van der Waals surface area contributed by atoms with Crippen molar-refractivity contribution in [2.75, 3.05) is 13.6 Å². The van der Waals surface area contributed by atoms with Crippen LogP contribution in [0.25, 0.3) is 0 Å². The molecule has 0 aliphatic heterocycles. The molecule has 0 aromatic carbocycles. The number of amides is 1. The highest BCUT2D eigenvalue weighted by Crippen LogP contribution is 2.29. The van der Waals surface area contributed by atoms with Crippen molar-refractivity contribution < 1.29 is 14.7 Å². The van der Waals surface area contributed by atoms with Gasteiger partial charge in [0.25, 0.3) is 0 Å². The highest BCUT2D eigenvalue weighted by Gasteiger charge is 2.25. The van der Waals surface area contributed by atoms with Crippen LogP contribution in [0.15, 0.2) is 6.20 Å². The van der Waals surface area contributed by atoms with Crippen molar-refractivity contribution in [1.29, 1.82) is 0 Å². The van der Waals surface area contributed by atoms with Crippen molar-refractivity contribution >= 4 is 11.9 Å². The van der Waals surface area contributed by atoms with Crippen molar-refractivity contribution in [3.05, 3.63) is 11.9 Å². The second kappa shape index (κ2) is 4.52. The first-order valence-corrected chi connectivity index (χ1v) is 5.43. The Bertz CT molecular complexity index is 439. The van der Waals surface area contributed by atoms with Crippen molar-refractivity contribution in [2.45, 2.75) is 19.4 Å². The Morgan fingerprint density at radius 3 is 2.82 bits per heavy atom. The molecule has 0 spiro atoms. The Morgan fingerprint density at radius 2 is 2.29 bits per heavy atom. The van der Waals surface area contributed by atoms with Gasteiger partial charge in [-0.1, -0.05) is 5.21 Å². The van der Waals surface area contributed by atoms with Gasteiger partial charge in [-0.15, -0.1) is 5.10 Å². The molecule has 92 valence electrons. The summed E-state index contributed by atoms with van der Waals surface area (Å²) in [7, 11) is 1.75. The molecule has 1 N–H and O–H groups in total. The van der Waals surface area contributed by atoms with Gasteiger partial charge in [-0.05, 0) is 18.8 Å². The lowest BCUT2D eigenvalue weighted by atomic mass is 10.4. The van der Waals surface area contributed by atoms with Crippen molar-refractivity contribution in [2.24, 2.45) is 5.92 Å². The quantitative estimate of drug-likeness (QED) is 0.770. The number of carbonyl (C=O) groups is 2. The van der Waals surface area contributed by atoms with E-state index in [0.717, 1.165) is 6.54 Å². The third kappa shape index (κ3) is 3.02. The number of aromatic nitrogens is 3. The van der Waals surface area contributed by atoms with E-state index in [0.29, 0.717) is 5.92 Å². The number of carboxylic acid groups (broad SMARTS) is 1. The van der Waals surface area contributed by atoms with Crippen molar-refractivity contribution in [1.82, 2.24) is 19.9 Å². The van der Waals surface area contributed by atoms with Crippen LogP contribution in [0.1, 0.15) is 23.3 Å². The van der Waals surface area contributed by atoms with Crippen LogP contribution in [-0.2, 0) is 11.3 Å². The number of hydrogen-bond donors (Lipinski definition) is 1. The van der Waals surface area contributed by atoms with Gasteiger partial charge in [0.2, 0.25) is 5.91 Å². The summed E-state index contributed by atoms with van der Waals surface area (Å²) in [5.41, 5.74) is -0.150. The molecule has 1 aliphatic rings. The second-order valence-corrected chi connectivity index (χ2v) is 4.32. The minimum absolute atomic E-state index is 0.0312. The van der Waals surface area contributed by atoms with Gasteiger partial charge in [0, 0.05) is 13.6 Å². The van der Waals surface area contributed by atoms with E-state index in [2.05, 4.69) is 10.3 Å². The summed E-state index contributed by atoms with van der Waals surface area (Å²) in [5, 5.41) is 15.7. The Labute approximate surface area is 98.0 Å². The van der Waals surface area contributed by atoms with E-state index in [1.165, 1.54) is 23.7 Å². The van der Waals surface area contributed by atoms with Gasteiger partial charge in [0.05, 0.1) is 6.20 Å². The van der Waals surface area contributed by atoms with Crippen LogP contribution < -0.4 is 0 Å². The number of nitrogens with zero attached hydrogens (tertiary/aromatic N) is 4. The highest BCUT2D eigenvalue weighted by molar-refractivity contribution is 5.84. The molecule has 7 heteroatoms. The van der Waals surface area contributed by atoms with Gasteiger partial charge in [-0.3, -0.25) is 4.79 Å². The highest BCUT2D eigenvalue weighted by atomic mass is 16.4. The van der Waals surface area contributed by atoms with Crippen LogP contribution in [-0.4, -0.2) is 50.5 Å². The van der Waals surface area contributed by atoms with Crippen molar-refractivity contribution in [3.63, 3.8) is 0 Å². The predicted octanol–water partition coefficient (Wildman–Crippen LogP) is -0.155. The summed E-state index contributed by atoms with van der Waals surface area (Å²) in [4.78, 5) is 24.0. The predicted molar refractivity (Wildman–Crippen MR) is 57.3 cm³/mol. The monoisotopic (exact) mass is 238 g/mol. The summed E-state index contributed by atoms with van der Waals surface area (Å²) in [6.45, 7) is 0.794. The van der Waals surface area contributed by atoms with Crippen LogP contribution in [0.4, 0.5) is 0 Å². The second-order valence-electron chi connectivity index (χ2n) is 4.32. The Hall–Kier alpha value is -1.92. The number of likely N-dealkylation sites (N-methyl/N-ethyl adjacent to an activating group) is 1. The van der Waals surface area contributed by atoms with E-state index in [4.69, 9.17) is 5.11 Å². The fraction of sp³-hybridized carbons (Fsp3) is 0.600. The molecule has 1 aliphatic carbocycles. The minimum atomic E-state index is -1.14. The molecule has 1 saturated carbocycles. The number of rotatable bonds is 5. The zero-order valence-electron chi connectivity index (χ0n) is 9.54. The van der Waals surface area contributed by atoms with Gasteiger partial charge in [-0.2, -0.15) is 0 Å². The summed E-state index contributed by atoms with van der Waals surface area (Å²) in [6.07, 6.45) is 3.62. The zero-order chi connectivity index (χ0) is 12.4. The molecule has 0 atom stereocenters. The summed E-state index contributed by atoms with van der Waals surface area (Å²) >= 11 is 0. The lowest BCUT2D eigenvalue weighted by Gasteiger charge is -2.16. The normalized spacial score (nSPS) is 14.6. The molecule has 1 aromatic rings. The summed E-state index contributed by atoms with van der Waals surface area (Å²) in [6, 6.07) is 0. The maximum atomic E-state index is 11.7. The van der Waals surface area contributed by atoms with Crippen LogP contribution in [0.5, 0.6) is 0 Å². The summed E-state index contributed by atoms with van der Waals surface area (Å²) in [5.74, 6) is -0.594. The molecule has 0 saturated heterocycles. The first-order valence-electron chi connectivity index (χ1n) is 5.43. The first-order chi connectivity index (χ1) is 8.06. The van der Waals surface area contributed by atoms with Crippen LogP contribution >= 0.6 is 0 Å². The van der Waals surface area contributed by atoms with Gasteiger partial charge in [-0.25, -0.2) is 9.48 Å². The SMILES string of the molecule is CN(CC1CC1)C(=O)Cn1cc(C(=O)O)nn1. The van der Waals surface area contributed by atoms with Crippen LogP contribution in [0.3, 0.4) is 0 Å². The molecule has 0 bridgehead atoms. The average molecular weight is 238 g/mol. The van der Waals surface area contributed by atoms with Gasteiger partial charge < -0.3 is 10.0 Å². The molecule has 1 fully saturated rings. The first kappa shape index (κ1) is 11.6. The van der Waals surface area contributed by atoms with Crippen molar-refractivity contribution in [3.8, 4) is 0 Å². The van der Waals surface area contributed by atoms with Gasteiger partial charge in [0.15, 0.2) is 5.69 Å². The van der Waals surface area contributed by atoms with E-state index in [1.807, 2.05) is 0 Å². The van der Waals surface area contributed by atoms with E-state index in [9.17, 15) is 9.59 Å². The molecule has 0 unspecified atom stereocenters. The van der Waals surface area contributed by atoms with E-state index >= 15 is 0 Å². The number of carboxylic acids is 1. The van der Waals surface area contributed by atoms with E-state index < -0.39 is 5.97 Å². The van der Waals surface area contributed by atoms with Gasteiger partial charge >= 0.3 is 5.97 Å². The Kier molecular flexibility index (Phi) is 3.08. The maximum Gasteiger partial charge on any atom is 0.358 e. The zero-order valence-corrected chi connectivity index (χ0v) is 9.54. The number of aromatic carboxylic acids is 1. The topological polar surface area (TPSA) is 88.3 Å². The third-order valence-corrected chi connectivity index (χ3v) is 2.71.